The maximum Gasteiger partial charge on any atom is 0.264 e. The number of sulfone groups is 1. The third-order valence-electron chi connectivity index (χ3n) is 6.07. The molecule has 1 aliphatic rings. The van der Waals surface area contributed by atoms with E-state index >= 15 is 0 Å². The molecular formula is C27H32N2O8S. The molecule has 0 aromatic heterocycles. The summed E-state index contributed by atoms with van der Waals surface area (Å²) in [5, 5.41) is 2.64. The van der Waals surface area contributed by atoms with Crippen molar-refractivity contribution >= 4 is 39.5 Å². The molecule has 0 saturated heterocycles. The Morgan fingerprint density at radius 1 is 1.11 bits per heavy atom. The number of unbranched alkanes of at least 4 members (excludes halogenated alkanes) is 2. The number of benzene rings is 2. The van der Waals surface area contributed by atoms with Crippen LogP contribution in [0.1, 0.15) is 71.0 Å². The van der Waals surface area contributed by atoms with Crippen LogP contribution in [-0.4, -0.2) is 63.1 Å². The smallest absolute Gasteiger partial charge is 0.264 e. The first-order chi connectivity index (χ1) is 18.0. The summed E-state index contributed by atoms with van der Waals surface area (Å²) < 4.78 is 35.8. The molecule has 0 radical (unpaired) electrons. The van der Waals surface area contributed by atoms with E-state index in [1.807, 2.05) is 0 Å². The number of nitrogens with one attached hydrogen (secondary N) is 1. The Morgan fingerprint density at radius 2 is 1.84 bits per heavy atom. The van der Waals surface area contributed by atoms with Crippen LogP contribution < -0.4 is 14.8 Å². The van der Waals surface area contributed by atoms with Gasteiger partial charge >= 0.3 is 0 Å². The fourth-order valence-corrected chi connectivity index (χ4v) is 5.41. The zero-order chi connectivity index (χ0) is 28.0. The van der Waals surface area contributed by atoms with Crippen molar-refractivity contribution in [3.63, 3.8) is 0 Å². The lowest BCUT2D eigenvalue weighted by molar-refractivity contribution is -0.114. The van der Waals surface area contributed by atoms with Crippen molar-refractivity contribution in [2.45, 2.75) is 45.6 Å². The largest absolute Gasteiger partial charge is 0.493 e. The molecule has 1 N–H and O–H groups in total. The molecule has 11 heteroatoms. The maximum absolute atomic E-state index is 13.7. The van der Waals surface area contributed by atoms with Crippen molar-refractivity contribution in [1.82, 2.24) is 4.90 Å². The SMILES string of the molecule is CCOc1cc([C@@H](CS(C)(=O)=O)N2C(=O)c3cc(CCCCC=O)cc(NC(C)=O)c3C2=O)ccc1OC. The predicted molar refractivity (Wildman–Crippen MR) is 141 cm³/mol. The van der Waals surface area contributed by atoms with E-state index < -0.39 is 39.4 Å². The number of methoxy groups -OCH3 is 1. The molecule has 3 amide bonds. The van der Waals surface area contributed by atoms with Gasteiger partial charge < -0.3 is 19.6 Å². The van der Waals surface area contributed by atoms with E-state index in [9.17, 15) is 27.6 Å². The van der Waals surface area contributed by atoms with Gasteiger partial charge in [0.05, 0.1) is 42.3 Å². The predicted octanol–water partition coefficient (Wildman–Crippen LogP) is 3.35. The molecule has 0 unspecified atom stereocenters. The first-order valence-electron chi connectivity index (χ1n) is 12.2. The third-order valence-corrected chi connectivity index (χ3v) is 6.99. The van der Waals surface area contributed by atoms with Crippen molar-refractivity contribution in [3.05, 3.63) is 52.6 Å². The van der Waals surface area contributed by atoms with Gasteiger partial charge in [0.1, 0.15) is 16.1 Å². The number of fused-ring (bicyclic) bond motifs is 1. The van der Waals surface area contributed by atoms with Gasteiger partial charge in [-0.1, -0.05) is 6.07 Å². The topological polar surface area (TPSA) is 136 Å². The molecule has 38 heavy (non-hydrogen) atoms. The van der Waals surface area contributed by atoms with Gasteiger partial charge in [-0.05, 0) is 61.6 Å². The average Bonchev–Trinajstić information content (AvgIpc) is 3.09. The number of carbonyl (C=O) groups excluding carboxylic acids is 4. The molecule has 10 nitrogen and oxygen atoms in total. The summed E-state index contributed by atoms with van der Waals surface area (Å²) >= 11 is 0. The standard InChI is InChI=1S/C27H32N2O8S/c1-5-37-24-15-19(10-11-23(24)36-3)22(16-38(4,34)35)29-26(32)20-13-18(9-7-6-8-12-30)14-21(28-17(2)31)25(20)27(29)33/h10-15,22H,5-9,16H2,1-4H3,(H,28,31)/t22-/m1/s1. The lowest BCUT2D eigenvalue weighted by atomic mass is 9.99. The quantitative estimate of drug-likeness (QED) is 0.230. The Morgan fingerprint density at radius 3 is 2.45 bits per heavy atom. The highest BCUT2D eigenvalue weighted by atomic mass is 32.2. The van der Waals surface area contributed by atoms with Gasteiger partial charge in [0.25, 0.3) is 11.8 Å². The molecule has 2 aromatic carbocycles. The van der Waals surface area contributed by atoms with Gasteiger partial charge in [0.15, 0.2) is 11.5 Å². The van der Waals surface area contributed by atoms with Crippen molar-refractivity contribution in [1.29, 1.82) is 0 Å². The summed E-state index contributed by atoms with van der Waals surface area (Å²) in [4.78, 5) is 50.9. The molecule has 2 aromatic rings. The molecule has 0 aliphatic carbocycles. The highest BCUT2D eigenvalue weighted by Crippen LogP contribution is 2.39. The molecule has 0 saturated carbocycles. The molecule has 0 bridgehead atoms. The molecule has 0 spiro atoms. The number of aldehydes is 1. The summed E-state index contributed by atoms with van der Waals surface area (Å²) in [5.74, 6) is -1.53. The number of aryl methyl sites for hydroxylation is 1. The molecule has 3 rings (SSSR count). The number of nitrogens with zero attached hydrogens (tertiary/aromatic N) is 1. The summed E-state index contributed by atoms with van der Waals surface area (Å²) in [5.41, 5.74) is 1.38. The number of hydrogen-bond acceptors (Lipinski definition) is 8. The fraction of sp³-hybridized carbons (Fsp3) is 0.407. The second-order valence-corrected chi connectivity index (χ2v) is 11.3. The van der Waals surface area contributed by atoms with E-state index in [1.54, 1.807) is 37.3 Å². The molecule has 0 fully saturated rings. The molecule has 1 heterocycles. The number of amides is 3. The first-order valence-corrected chi connectivity index (χ1v) is 14.3. The lowest BCUT2D eigenvalue weighted by Gasteiger charge is -2.27. The highest BCUT2D eigenvalue weighted by molar-refractivity contribution is 7.90. The third kappa shape index (κ3) is 6.58. The zero-order valence-corrected chi connectivity index (χ0v) is 22.7. The number of hydrogen-bond donors (Lipinski definition) is 1. The Kier molecular flexibility index (Phi) is 9.26. The molecular weight excluding hydrogens is 512 g/mol. The summed E-state index contributed by atoms with van der Waals surface area (Å²) in [6.07, 6.45) is 4.14. The minimum atomic E-state index is -3.66. The van der Waals surface area contributed by atoms with Crippen LogP contribution in [0.4, 0.5) is 5.69 Å². The van der Waals surface area contributed by atoms with Gasteiger partial charge in [-0.2, -0.15) is 0 Å². The van der Waals surface area contributed by atoms with Gasteiger partial charge in [-0.25, -0.2) is 8.42 Å². The molecule has 204 valence electrons. The minimum absolute atomic E-state index is 0.0129. The van der Waals surface area contributed by atoms with Crippen LogP contribution in [0.15, 0.2) is 30.3 Å². The molecule has 1 atom stereocenters. The van der Waals surface area contributed by atoms with Gasteiger partial charge in [0, 0.05) is 19.6 Å². The van der Waals surface area contributed by atoms with E-state index in [0.29, 0.717) is 54.9 Å². The number of ether oxygens (including phenoxy) is 2. The van der Waals surface area contributed by atoms with Crippen LogP contribution in [0.25, 0.3) is 0 Å². The van der Waals surface area contributed by atoms with E-state index in [2.05, 4.69) is 5.32 Å². The van der Waals surface area contributed by atoms with E-state index in [1.165, 1.54) is 14.0 Å². The summed E-state index contributed by atoms with van der Waals surface area (Å²) in [6, 6.07) is 6.83. The van der Waals surface area contributed by atoms with Crippen LogP contribution in [0.5, 0.6) is 11.5 Å². The van der Waals surface area contributed by atoms with Crippen LogP contribution in [0.2, 0.25) is 0 Å². The average molecular weight is 545 g/mol. The lowest BCUT2D eigenvalue weighted by Crippen LogP contribution is -2.37. The summed E-state index contributed by atoms with van der Waals surface area (Å²) in [6.45, 7) is 3.39. The van der Waals surface area contributed by atoms with Gasteiger partial charge in [0.2, 0.25) is 5.91 Å². The Bertz CT molecular complexity index is 1350. The second kappa shape index (κ2) is 12.2. The Labute approximate surface area is 222 Å². The minimum Gasteiger partial charge on any atom is -0.493 e. The second-order valence-electron chi connectivity index (χ2n) is 9.09. The number of carbonyl (C=O) groups is 4. The first kappa shape index (κ1) is 28.8. The van der Waals surface area contributed by atoms with Gasteiger partial charge in [-0.3, -0.25) is 19.3 Å². The van der Waals surface area contributed by atoms with Crippen LogP contribution in [0, 0.1) is 0 Å². The Balaban J connectivity index is 2.11. The number of anilines is 1. The number of imide groups is 1. The summed E-state index contributed by atoms with van der Waals surface area (Å²) in [7, 11) is -2.19. The van der Waals surface area contributed by atoms with Crippen LogP contribution >= 0.6 is 0 Å². The monoisotopic (exact) mass is 544 g/mol. The fourth-order valence-electron chi connectivity index (χ4n) is 4.49. The van der Waals surface area contributed by atoms with Crippen molar-refractivity contribution in [2.24, 2.45) is 0 Å². The van der Waals surface area contributed by atoms with Crippen LogP contribution in [0.3, 0.4) is 0 Å². The van der Waals surface area contributed by atoms with Crippen molar-refractivity contribution in [3.8, 4) is 11.5 Å². The van der Waals surface area contributed by atoms with Crippen LogP contribution in [-0.2, 0) is 25.8 Å². The van der Waals surface area contributed by atoms with Crippen molar-refractivity contribution < 1.29 is 37.1 Å². The zero-order valence-electron chi connectivity index (χ0n) is 21.9. The Hall–Kier alpha value is -3.73. The normalized spacial score (nSPS) is 13.7. The molecule has 1 aliphatic heterocycles. The van der Waals surface area contributed by atoms with E-state index in [4.69, 9.17) is 9.47 Å². The number of rotatable bonds is 13. The van der Waals surface area contributed by atoms with E-state index in [0.717, 1.165) is 17.4 Å². The van der Waals surface area contributed by atoms with E-state index in [-0.39, 0.29) is 16.8 Å². The van der Waals surface area contributed by atoms with Crippen molar-refractivity contribution in [2.75, 3.05) is 31.0 Å². The highest BCUT2D eigenvalue weighted by Gasteiger charge is 2.43. The van der Waals surface area contributed by atoms with Gasteiger partial charge in [-0.15, -0.1) is 0 Å². The maximum atomic E-state index is 13.7.